The number of rotatable bonds is 4. The van der Waals surface area contributed by atoms with Crippen molar-refractivity contribution in [1.82, 2.24) is 0 Å². The van der Waals surface area contributed by atoms with Gasteiger partial charge in [0.2, 0.25) is 0 Å². The van der Waals surface area contributed by atoms with Gasteiger partial charge in [0.1, 0.15) is 11.5 Å². The maximum atomic E-state index is 5.95. The molecule has 2 aromatic carbocycles. The fourth-order valence-corrected chi connectivity index (χ4v) is 2.42. The molecular formula is C17H20BrNO. The molecule has 1 atom stereocenters. The first-order chi connectivity index (χ1) is 9.47. The Morgan fingerprint density at radius 2 is 1.75 bits per heavy atom. The molecule has 0 saturated carbocycles. The molecule has 0 aromatic heterocycles. The molecule has 2 nitrogen and oxygen atoms in total. The highest BCUT2D eigenvalue weighted by atomic mass is 79.9. The second-order valence-electron chi connectivity index (χ2n) is 5.31. The van der Waals surface area contributed by atoms with E-state index in [-0.39, 0.29) is 6.04 Å². The van der Waals surface area contributed by atoms with Crippen LogP contribution in [-0.2, 0) is 0 Å². The Hall–Kier alpha value is -1.32. The van der Waals surface area contributed by atoms with Crippen molar-refractivity contribution in [2.75, 3.05) is 0 Å². The summed E-state index contributed by atoms with van der Waals surface area (Å²) >= 11 is 3.54. The molecule has 3 heteroatoms. The average Bonchev–Trinajstić information content (AvgIpc) is 2.41. The summed E-state index contributed by atoms with van der Waals surface area (Å²) in [6.45, 7) is 6.31. The molecule has 2 N–H and O–H groups in total. The summed E-state index contributed by atoms with van der Waals surface area (Å²) in [6, 6.07) is 14.2. The lowest BCUT2D eigenvalue weighted by Gasteiger charge is -2.12. The van der Waals surface area contributed by atoms with E-state index in [0.717, 1.165) is 21.5 Å². The summed E-state index contributed by atoms with van der Waals surface area (Å²) in [5, 5.41) is 0. The van der Waals surface area contributed by atoms with Crippen molar-refractivity contribution in [3.8, 4) is 11.5 Å². The Labute approximate surface area is 129 Å². The smallest absolute Gasteiger partial charge is 0.141 e. The molecule has 2 aromatic rings. The largest absolute Gasteiger partial charge is 0.456 e. The topological polar surface area (TPSA) is 35.2 Å². The highest BCUT2D eigenvalue weighted by Crippen LogP contribution is 2.32. The van der Waals surface area contributed by atoms with Crippen LogP contribution in [0.1, 0.15) is 43.9 Å². The van der Waals surface area contributed by atoms with Crippen molar-refractivity contribution in [2.24, 2.45) is 5.73 Å². The van der Waals surface area contributed by atoms with Crippen molar-refractivity contribution in [1.29, 1.82) is 0 Å². The average molecular weight is 334 g/mol. The van der Waals surface area contributed by atoms with E-state index < -0.39 is 0 Å². The summed E-state index contributed by atoms with van der Waals surface area (Å²) in [7, 11) is 0. The van der Waals surface area contributed by atoms with Crippen molar-refractivity contribution in [3.63, 3.8) is 0 Å². The summed E-state index contributed by atoms with van der Waals surface area (Å²) in [5.41, 5.74) is 8.23. The van der Waals surface area contributed by atoms with Gasteiger partial charge < -0.3 is 10.5 Å². The van der Waals surface area contributed by atoms with Gasteiger partial charge in [-0.05, 0) is 64.2 Å². The Morgan fingerprint density at radius 3 is 2.35 bits per heavy atom. The lowest BCUT2D eigenvalue weighted by molar-refractivity contribution is 0.478. The van der Waals surface area contributed by atoms with Crippen molar-refractivity contribution in [2.45, 2.75) is 32.7 Å². The first-order valence-electron chi connectivity index (χ1n) is 6.80. The molecule has 0 saturated heterocycles. The molecule has 0 fully saturated rings. The van der Waals surface area contributed by atoms with Crippen molar-refractivity contribution >= 4 is 15.9 Å². The molecule has 0 amide bonds. The van der Waals surface area contributed by atoms with Crippen LogP contribution >= 0.6 is 15.9 Å². The highest BCUT2D eigenvalue weighted by molar-refractivity contribution is 9.10. The van der Waals surface area contributed by atoms with E-state index in [0.29, 0.717) is 5.92 Å². The molecule has 20 heavy (non-hydrogen) atoms. The van der Waals surface area contributed by atoms with E-state index in [4.69, 9.17) is 10.5 Å². The lowest BCUT2D eigenvalue weighted by atomic mass is 10.0. The molecule has 106 valence electrons. The number of ether oxygens (including phenoxy) is 1. The molecule has 0 bridgehead atoms. The molecule has 0 unspecified atom stereocenters. The van der Waals surface area contributed by atoms with Gasteiger partial charge in [-0.15, -0.1) is 0 Å². The van der Waals surface area contributed by atoms with Crippen LogP contribution < -0.4 is 10.5 Å². The van der Waals surface area contributed by atoms with Crippen LogP contribution in [0.4, 0.5) is 0 Å². The minimum absolute atomic E-state index is 0.0182. The molecule has 0 spiro atoms. The number of hydrogen-bond donors (Lipinski definition) is 1. The standard InChI is InChI=1S/C17H20BrNO/c1-11(2)13-5-4-6-15(9-13)20-17-8-7-14(12(3)19)10-16(17)18/h4-12H,19H2,1-3H3/t12-/m0/s1. The number of hydrogen-bond acceptors (Lipinski definition) is 2. The molecular weight excluding hydrogens is 314 g/mol. The fourth-order valence-electron chi connectivity index (χ4n) is 1.95. The van der Waals surface area contributed by atoms with Crippen LogP contribution in [0.2, 0.25) is 0 Å². The first-order valence-corrected chi connectivity index (χ1v) is 7.59. The Kier molecular flexibility index (Phi) is 4.84. The van der Waals surface area contributed by atoms with Crippen LogP contribution in [0.3, 0.4) is 0 Å². The van der Waals surface area contributed by atoms with Gasteiger partial charge in [0, 0.05) is 6.04 Å². The molecule has 2 rings (SSSR count). The van der Waals surface area contributed by atoms with Crippen LogP contribution in [0.5, 0.6) is 11.5 Å². The van der Waals surface area contributed by atoms with Gasteiger partial charge in [-0.25, -0.2) is 0 Å². The van der Waals surface area contributed by atoms with Crippen LogP contribution in [0.25, 0.3) is 0 Å². The van der Waals surface area contributed by atoms with Gasteiger partial charge in [-0.1, -0.05) is 32.0 Å². The van der Waals surface area contributed by atoms with Crippen LogP contribution in [0.15, 0.2) is 46.9 Å². The van der Waals surface area contributed by atoms with E-state index in [1.54, 1.807) is 0 Å². The van der Waals surface area contributed by atoms with E-state index >= 15 is 0 Å². The summed E-state index contributed by atoms with van der Waals surface area (Å²) in [4.78, 5) is 0. The van der Waals surface area contributed by atoms with Crippen LogP contribution in [-0.4, -0.2) is 0 Å². The second kappa shape index (κ2) is 6.42. The van der Waals surface area contributed by atoms with E-state index in [2.05, 4.69) is 41.9 Å². The Balaban J connectivity index is 2.24. The molecule has 0 aliphatic heterocycles. The van der Waals surface area contributed by atoms with E-state index in [1.165, 1.54) is 5.56 Å². The molecule has 0 heterocycles. The quantitative estimate of drug-likeness (QED) is 0.814. The van der Waals surface area contributed by atoms with Crippen molar-refractivity contribution < 1.29 is 4.74 Å². The Bertz CT molecular complexity index is 593. The third kappa shape index (κ3) is 3.62. The van der Waals surface area contributed by atoms with Gasteiger partial charge in [-0.3, -0.25) is 0 Å². The second-order valence-corrected chi connectivity index (χ2v) is 6.16. The molecule has 0 aliphatic carbocycles. The van der Waals surface area contributed by atoms with Gasteiger partial charge in [0.15, 0.2) is 0 Å². The monoisotopic (exact) mass is 333 g/mol. The van der Waals surface area contributed by atoms with Gasteiger partial charge in [-0.2, -0.15) is 0 Å². The third-order valence-corrected chi connectivity index (χ3v) is 3.85. The van der Waals surface area contributed by atoms with Gasteiger partial charge >= 0.3 is 0 Å². The normalized spacial score (nSPS) is 12.5. The van der Waals surface area contributed by atoms with Crippen LogP contribution in [0, 0.1) is 0 Å². The zero-order valence-corrected chi connectivity index (χ0v) is 13.6. The minimum Gasteiger partial charge on any atom is -0.456 e. The maximum Gasteiger partial charge on any atom is 0.141 e. The lowest BCUT2D eigenvalue weighted by Crippen LogP contribution is -2.04. The Morgan fingerprint density at radius 1 is 1.00 bits per heavy atom. The summed E-state index contributed by atoms with van der Waals surface area (Å²) in [6.07, 6.45) is 0. The summed E-state index contributed by atoms with van der Waals surface area (Å²) in [5.74, 6) is 2.14. The van der Waals surface area contributed by atoms with E-state index in [9.17, 15) is 0 Å². The molecule has 0 aliphatic rings. The zero-order chi connectivity index (χ0) is 14.7. The highest BCUT2D eigenvalue weighted by Gasteiger charge is 2.07. The zero-order valence-electron chi connectivity index (χ0n) is 12.1. The SMILES string of the molecule is CC(C)c1cccc(Oc2ccc([C@H](C)N)cc2Br)c1. The fraction of sp³-hybridized carbons (Fsp3) is 0.294. The molecule has 0 radical (unpaired) electrons. The third-order valence-electron chi connectivity index (χ3n) is 3.23. The van der Waals surface area contributed by atoms with E-state index in [1.807, 2.05) is 37.3 Å². The summed E-state index contributed by atoms with van der Waals surface area (Å²) < 4.78 is 6.87. The van der Waals surface area contributed by atoms with Gasteiger partial charge in [0.05, 0.1) is 4.47 Å². The minimum atomic E-state index is 0.0182. The maximum absolute atomic E-state index is 5.95. The predicted molar refractivity (Wildman–Crippen MR) is 87.3 cm³/mol. The first kappa shape index (κ1) is 15.1. The number of nitrogens with two attached hydrogens (primary N) is 1. The van der Waals surface area contributed by atoms with Crippen molar-refractivity contribution in [3.05, 3.63) is 58.1 Å². The van der Waals surface area contributed by atoms with Gasteiger partial charge in [0.25, 0.3) is 0 Å². The predicted octanol–water partition coefficient (Wildman–Crippen LogP) is 5.38. The number of benzene rings is 2. The number of halogens is 1.